The molecule has 4 aliphatic heterocycles. The molecule has 0 bridgehead atoms. The molecule has 0 saturated carbocycles. The molecule has 2 fully saturated rings. The predicted octanol–water partition coefficient (Wildman–Crippen LogP) is 6.55. The number of likely N-dealkylation sites (N-methyl/N-ethyl adjacent to an activating group) is 2. The third kappa shape index (κ3) is 11.6. The Hall–Kier alpha value is -9.16. The average Bonchev–Trinajstić information content (AvgIpc) is 1.60. The minimum Gasteiger partial charge on any atom is -0.505 e. The highest BCUT2D eigenvalue weighted by Gasteiger charge is 2.40. The molecule has 2 atom stereocenters. The van der Waals surface area contributed by atoms with Crippen LogP contribution >= 0.6 is 0 Å². The number of carbonyl (C=O) groups excluding carboxylic acids is 2. The average molecular weight is 1200 g/mol. The Kier molecular flexibility index (Phi) is 17.4. The highest BCUT2D eigenvalue weighted by molar-refractivity contribution is 6.08. The van der Waals surface area contributed by atoms with Crippen molar-refractivity contribution in [2.75, 3.05) is 110 Å². The lowest BCUT2D eigenvalue weighted by molar-refractivity contribution is 0.0679. The van der Waals surface area contributed by atoms with Gasteiger partial charge in [-0.15, -0.1) is 10.2 Å². The van der Waals surface area contributed by atoms with E-state index in [1.165, 1.54) is 40.7 Å². The van der Waals surface area contributed by atoms with Gasteiger partial charge in [0.2, 0.25) is 0 Å². The molecule has 12 rings (SSSR count). The monoisotopic (exact) mass is 1190 g/mol. The number of anilines is 2. The summed E-state index contributed by atoms with van der Waals surface area (Å²) in [6, 6.07) is 22.9. The molecule has 4 aliphatic rings. The molecule has 0 unspecified atom stereocenters. The first kappa shape index (κ1) is 59.6. The molecule has 2 amide bonds. The van der Waals surface area contributed by atoms with Crippen LogP contribution < -0.4 is 55.2 Å². The number of ether oxygens (including phenoxy) is 5. The van der Waals surface area contributed by atoms with Crippen molar-refractivity contribution in [3.8, 4) is 34.5 Å². The summed E-state index contributed by atoms with van der Waals surface area (Å²) in [4.78, 5) is 63.0. The summed E-state index contributed by atoms with van der Waals surface area (Å²) in [5, 5.41) is 28.2. The summed E-state index contributed by atoms with van der Waals surface area (Å²) in [6.07, 6.45) is 0. The van der Waals surface area contributed by atoms with Gasteiger partial charge in [-0.25, -0.2) is 18.1 Å². The number of aromatic nitrogens is 6. The zero-order valence-electron chi connectivity index (χ0n) is 49.9. The zero-order valence-corrected chi connectivity index (χ0v) is 49.9. The fourth-order valence-electron chi connectivity index (χ4n) is 12.0. The topological polar surface area (TPSA) is 217 Å². The first-order chi connectivity index (χ1) is 42.1. The van der Waals surface area contributed by atoms with Gasteiger partial charge in [0.05, 0.1) is 34.4 Å². The number of fused-ring (bicyclic) bond motifs is 6. The minimum atomic E-state index is -0.540. The zero-order chi connectivity index (χ0) is 61.2. The van der Waals surface area contributed by atoms with Gasteiger partial charge in [0.1, 0.15) is 69.7 Å². The first-order valence-electron chi connectivity index (χ1n) is 29.3. The van der Waals surface area contributed by atoms with Crippen molar-refractivity contribution in [3.63, 3.8) is 0 Å². The van der Waals surface area contributed by atoms with Gasteiger partial charge in [-0.05, 0) is 75.2 Å². The SMILES string of the molecule is CCN1C[C@H](C)n2c(c(O)c3c(=O)n(Cc4ccc(F)cc4OCc4ccc(OC)cc4)nc(N4CCNCC4)c32)C1=O.CCN1C[C@H](C)n2c(c(OC)c3c(=O)n(Cc4ccc(F)cc4OCc4ccc(OC)cc4)nc(N4CCNCC4)c32)C1=O. The molecule has 0 radical (unpaired) electrons. The van der Waals surface area contributed by atoms with Crippen LogP contribution in [0.4, 0.5) is 20.4 Å². The van der Waals surface area contributed by atoms with Crippen LogP contribution in [0.5, 0.6) is 34.5 Å². The van der Waals surface area contributed by atoms with Crippen LogP contribution in [0.1, 0.15) is 83.0 Å². The lowest BCUT2D eigenvalue weighted by Gasteiger charge is -2.34. The second-order valence-electron chi connectivity index (χ2n) is 22.0. The Morgan fingerprint density at radius 3 is 1.40 bits per heavy atom. The summed E-state index contributed by atoms with van der Waals surface area (Å²) in [5.74, 6) is 1.64. The molecule has 24 heteroatoms. The van der Waals surface area contributed by atoms with Crippen molar-refractivity contribution < 1.29 is 47.2 Å². The Morgan fingerprint density at radius 1 is 0.563 bits per heavy atom. The minimum absolute atomic E-state index is 0.0281. The number of piperazine rings is 2. The number of benzene rings is 4. The van der Waals surface area contributed by atoms with Crippen LogP contribution in [0.25, 0.3) is 21.8 Å². The van der Waals surface area contributed by atoms with E-state index < -0.39 is 22.8 Å². The van der Waals surface area contributed by atoms with E-state index in [1.807, 2.05) is 80.8 Å². The number of halogens is 2. The number of amides is 2. The van der Waals surface area contributed by atoms with Crippen LogP contribution in [0.3, 0.4) is 0 Å². The highest BCUT2D eigenvalue weighted by atomic mass is 19.1. The van der Waals surface area contributed by atoms with E-state index in [9.17, 15) is 33.1 Å². The number of rotatable bonds is 17. The van der Waals surface area contributed by atoms with Crippen LogP contribution in [0.2, 0.25) is 0 Å². The summed E-state index contributed by atoms with van der Waals surface area (Å²) >= 11 is 0. The summed E-state index contributed by atoms with van der Waals surface area (Å²) in [5.41, 5.74) is 3.46. The van der Waals surface area contributed by atoms with E-state index in [-0.39, 0.29) is 78.5 Å². The lowest BCUT2D eigenvalue weighted by Crippen LogP contribution is -2.45. The maximum absolute atomic E-state index is 14.4. The van der Waals surface area contributed by atoms with Crippen LogP contribution in [-0.2, 0) is 26.3 Å². The van der Waals surface area contributed by atoms with Gasteiger partial charge in [0, 0.05) is 114 Å². The fraction of sp³-hybridized carbons (Fsp3) is 0.397. The molecule has 4 aromatic carbocycles. The van der Waals surface area contributed by atoms with Crippen molar-refractivity contribution in [1.82, 2.24) is 49.1 Å². The van der Waals surface area contributed by atoms with E-state index in [1.54, 1.807) is 40.7 Å². The molecule has 8 heterocycles. The lowest BCUT2D eigenvalue weighted by atomic mass is 10.2. The highest BCUT2D eigenvalue weighted by Crippen LogP contribution is 2.43. The van der Waals surface area contributed by atoms with Crippen molar-refractivity contribution in [2.24, 2.45) is 0 Å². The standard InChI is InChI=1S/C32H37FN6O5.C31H35FN6O5/c1-5-36-17-20(2)39-27-26(29(43-4)28(39)32(36)41)31(40)38(35-30(27)37-14-12-34-13-15-37)18-22-8-9-23(33)16-25(22)44-19-21-6-10-24(42-3)11-7-21;1-4-35-16-19(2)38-26-25(28(39)27(38)31(35)41)30(40)37(34-29(26)36-13-11-33-12-14-36)17-21-7-8-22(32)15-24(21)43-18-20-5-9-23(42-3)10-6-20/h6-11,16,20,34H,5,12-15,17-19H2,1-4H3;5-10,15,19,33,39H,4,11-14,16-18H2,1-3H3/t20-;19-/m00/s1. The second kappa shape index (κ2) is 25.4. The molecule has 22 nitrogen and oxygen atoms in total. The van der Waals surface area contributed by atoms with E-state index in [0.29, 0.717) is 109 Å². The number of nitrogens with one attached hydrogen (secondary N) is 2. The second-order valence-corrected chi connectivity index (χ2v) is 22.0. The molecule has 458 valence electrons. The largest absolute Gasteiger partial charge is 0.505 e. The van der Waals surface area contributed by atoms with E-state index in [4.69, 9.17) is 33.9 Å². The van der Waals surface area contributed by atoms with E-state index in [2.05, 4.69) is 20.4 Å². The van der Waals surface area contributed by atoms with Gasteiger partial charge < -0.3 is 68.2 Å². The normalized spacial score (nSPS) is 16.8. The maximum atomic E-state index is 14.4. The van der Waals surface area contributed by atoms with Crippen molar-refractivity contribution >= 4 is 45.3 Å². The van der Waals surface area contributed by atoms with Gasteiger partial charge in [0.25, 0.3) is 22.9 Å². The molecular formula is C63H72F2N12O10. The molecule has 8 aromatic rings. The smallest absolute Gasteiger partial charge is 0.280 e. The third-order valence-electron chi connectivity index (χ3n) is 16.5. The van der Waals surface area contributed by atoms with E-state index >= 15 is 0 Å². The summed E-state index contributed by atoms with van der Waals surface area (Å²) in [6.45, 7) is 15.8. The number of methoxy groups -OCH3 is 3. The summed E-state index contributed by atoms with van der Waals surface area (Å²) < 4.78 is 63.5. The Bertz CT molecular complexity index is 3980. The van der Waals surface area contributed by atoms with Crippen LogP contribution in [0, 0.1) is 11.6 Å². The first-order valence-corrected chi connectivity index (χ1v) is 29.3. The van der Waals surface area contributed by atoms with Gasteiger partial charge in [0.15, 0.2) is 34.5 Å². The van der Waals surface area contributed by atoms with Gasteiger partial charge in [-0.3, -0.25) is 19.2 Å². The van der Waals surface area contributed by atoms with Crippen molar-refractivity contribution in [1.29, 1.82) is 0 Å². The Labute approximate surface area is 500 Å². The molecule has 0 aliphatic carbocycles. The molecule has 0 spiro atoms. The molecule has 87 heavy (non-hydrogen) atoms. The number of aromatic hydroxyl groups is 1. The maximum Gasteiger partial charge on any atom is 0.280 e. The Balaban J connectivity index is 0.000000180. The van der Waals surface area contributed by atoms with Crippen LogP contribution in [-0.4, -0.2) is 155 Å². The number of hydrogen-bond acceptors (Lipinski definition) is 16. The third-order valence-corrected chi connectivity index (χ3v) is 16.5. The van der Waals surface area contributed by atoms with Gasteiger partial charge >= 0.3 is 0 Å². The van der Waals surface area contributed by atoms with Gasteiger partial charge in [-0.1, -0.05) is 36.4 Å². The van der Waals surface area contributed by atoms with Crippen LogP contribution in [0.15, 0.2) is 94.5 Å². The molecule has 4 aromatic heterocycles. The number of nitrogens with zero attached hydrogens (tertiary/aromatic N) is 10. The fourth-order valence-corrected chi connectivity index (χ4v) is 12.0. The molecule has 3 N–H and O–H groups in total. The number of hydrogen-bond donors (Lipinski definition) is 3. The van der Waals surface area contributed by atoms with Gasteiger partial charge in [-0.2, -0.15) is 0 Å². The van der Waals surface area contributed by atoms with Crippen molar-refractivity contribution in [3.05, 3.63) is 151 Å². The quantitative estimate of drug-likeness (QED) is 0.0881. The summed E-state index contributed by atoms with van der Waals surface area (Å²) in [7, 11) is 4.67. The predicted molar refractivity (Wildman–Crippen MR) is 325 cm³/mol. The number of carbonyl (C=O) groups is 2. The van der Waals surface area contributed by atoms with E-state index in [0.717, 1.165) is 43.1 Å². The van der Waals surface area contributed by atoms with Crippen molar-refractivity contribution in [2.45, 2.75) is 66.1 Å². The molecule has 2 saturated heterocycles. The Morgan fingerprint density at radius 2 is 0.977 bits per heavy atom. The molecular weight excluding hydrogens is 1120 g/mol.